The van der Waals surface area contributed by atoms with Gasteiger partial charge in [-0.15, -0.1) is 0 Å². The second-order valence-electron chi connectivity index (χ2n) is 7.39. The van der Waals surface area contributed by atoms with Crippen LogP contribution in [0.2, 0.25) is 0 Å². The van der Waals surface area contributed by atoms with Crippen LogP contribution in [0.15, 0.2) is 30.3 Å². The van der Waals surface area contributed by atoms with Crippen LogP contribution < -0.4 is 10.6 Å². The highest BCUT2D eigenvalue weighted by Gasteiger charge is 2.18. The number of nitrogens with zero attached hydrogens (tertiary/aromatic N) is 1. The third-order valence-electron chi connectivity index (χ3n) is 5.48. The van der Waals surface area contributed by atoms with Gasteiger partial charge in [-0.3, -0.25) is 0 Å². The highest BCUT2D eigenvalue weighted by molar-refractivity contribution is 5.99. The summed E-state index contributed by atoms with van der Waals surface area (Å²) in [4.78, 5) is 16.8. The Kier molecular flexibility index (Phi) is 7.04. The summed E-state index contributed by atoms with van der Waals surface area (Å²) < 4.78 is 4.94. The molecule has 5 nitrogen and oxygen atoms in total. The van der Waals surface area contributed by atoms with Crippen molar-refractivity contribution in [1.82, 2.24) is 10.3 Å². The Morgan fingerprint density at radius 1 is 1.26 bits per heavy atom. The zero-order valence-electron chi connectivity index (χ0n) is 16.5. The molecule has 2 aromatic rings. The molecule has 1 aromatic carbocycles. The minimum atomic E-state index is -0.358. The van der Waals surface area contributed by atoms with Gasteiger partial charge in [-0.2, -0.15) is 0 Å². The van der Waals surface area contributed by atoms with Crippen molar-refractivity contribution in [3.63, 3.8) is 0 Å². The molecule has 1 aliphatic carbocycles. The summed E-state index contributed by atoms with van der Waals surface area (Å²) >= 11 is 0. The third-order valence-corrected chi connectivity index (χ3v) is 5.48. The maximum Gasteiger partial charge on any atom is 0.341 e. The van der Waals surface area contributed by atoms with Gasteiger partial charge in [0.15, 0.2) is 0 Å². The van der Waals surface area contributed by atoms with Crippen LogP contribution in [0.5, 0.6) is 0 Å². The molecule has 5 heteroatoms. The van der Waals surface area contributed by atoms with Gasteiger partial charge in [-0.25, -0.2) is 9.78 Å². The lowest BCUT2D eigenvalue weighted by molar-refractivity contribution is 0.0601. The summed E-state index contributed by atoms with van der Waals surface area (Å²) in [7, 11) is 1.41. The summed E-state index contributed by atoms with van der Waals surface area (Å²) in [6, 6.07) is 10.8. The average molecular weight is 370 g/mol. The van der Waals surface area contributed by atoms with Crippen LogP contribution in [-0.4, -0.2) is 36.7 Å². The summed E-state index contributed by atoms with van der Waals surface area (Å²) in [5.41, 5.74) is 1.37. The van der Waals surface area contributed by atoms with E-state index in [4.69, 9.17) is 4.74 Å². The molecule has 2 N–H and O–H groups in total. The first-order valence-electron chi connectivity index (χ1n) is 10.2. The van der Waals surface area contributed by atoms with Gasteiger partial charge in [0.2, 0.25) is 0 Å². The van der Waals surface area contributed by atoms with Crippen molar-refractivity contribution in [2.75, 3.05) is 19.0 Å². The fourth-order valence-electron chi connectivity index (χ4n) is 3.89. The minimum Gasteiger partial charge on any atom is -0.465 e. The summed E-state index contributed by atoms with van der Waals surface area (Å²) in [6.45, 7) is 3.00. The van der Waals surface area contributed by atoms with Crippen LogP contribution in [0.3, 0.4) is 0 Å². The lowest BCUT2D eigenvalue weighted by Gasteiger charge is -2.28. The van der Waals surface area contributed by atoms with E-state index in [-0.39, 0.29) is 5.97 Å². The molecule has 1 unspecified atom stereocenters. The first kappa shape index (κ1) is 19.6. The molecule has 0 bridgehead atoms. The number of esters is 1. The minimum absolute atomic E-state index is 0.358. The monoisotopic (exact) mass is 369 g/mol. The predicted molar refractivity (Wildman–Crippen MR) is 110 cm³/mol. The van der Waals surface area contributed by atoms with Crippen LogP contribution in [0, 0.1) is 0 Å². The number of methoxy groups -OCH3 is 1. The Hall–Kier alpha value is -2.14. The highest BCUT2D eigenvalue weighted by Crippen LogP contribution is 2.22. The molecule has 146 valence electrons. The third kappa shape index (κ3) is 5.19. The quantitative estimate of drug-likeness (QED) is 0.670. The van der Waals surface area contributed by atoms with Crippen LogP contribution in [0.4, 0.5) is 5.82 Å². The predicted octanol–water partition coefficient (Wildman–Crippen LogP) is 4.52. The number of benzene rings is 1. The first-order chi connectivity index (χ1) is 13.2. The van der Waals surface area contributed by atoms with Crippen molar-refractivity contribution in [3.05, 3.63) is 35.9 Å². The van der Waals surface area contributed by atoms with Gasteiger partial charge in [0.25, 0.3) is 0 Å². The van der Waals surface area contributed by atoms with Crippen molar-refractivity contribution in [1.29, 1.82) is 0 Å². The van der Waals surface area contributed by atoms with E-state index in [0.717, 1.165) is 30.3 Å². The number of hydrogen-bond acceptors (Lipinski definition) is 5. The van der Waals surface area contributed by atoms with Gasteiger partial charge in [-0.05, 0) is 37.8 Å². The molecule has 3 rings (SSSR count). The molecule has 1 aliphatic rings. The number of carbonyl (C=O) groups is 1. The van der Waals surface area contributed by atoms with E-state index in [9.17, 15) is 4.79 Å². The van der Waals surface area contributed by atoms with Crippen molar-refractivity contribution in [2.24, 2.45) is 0 Å². The van der Waals surface area contributed by atoms with Crippen LogP contribution in [0.1, 0.15) is 62.2 Å². The number of carbonyl (C=O) groups excluding carboxylic acids is 1. The van der Waals surface area contributed by atoms with E-state index in [1.54, 1.807) is 0 Å². The average Bonchev–Trinajstić information content (AvgIpc) is 2.72. The Labute approximate surface area is 161 Å². The first-order valence-corrected chi connectivity index (χ1v) is 10.2. The fraction of sp³-hybridized carbons (Fsp3) is 0.545. The maximum absolute atomic E-state index is 12.2. The largest absolute Gasteiger partial charge is 0.465 e. The van der Waals surface area contributed by atoms with Crippen molar-refractivity contribution < 1.29 is 9.53 Å². The van der Waals surface area contributed by atoms with E-state index in [1.165, 1.54) is 39.2 Å². The normalized spacial score (nSPS) is 16.2. The molecule has 1 aromatic heterocycles. The van der Waals surface area contributed by atoms with Gasteiger partial charge in [-0.1, -0.05) is 44.4 Å². The summed E-state index contributed by atoms with van der Waals surface area (Å²) in [6.07, 6.45) is 8.76. The van der Waals surface area contributed by atoms with Crippen LogP contribution in [0.25, 0.3) is 10.9 Å². The zero-order chi connectivity index (χ0) is 19.1. The van der Waals surface area contributed by atoms with Gasteiger partial charge < -0.3 is 15.4 Å². The Morgan fingerprint density at radius 2 is 2.04 bits per heavy atom. The van der Waals surface area contributed by atoms with E-state index in [1.807, 2.05) is 30.3 Å². The number of anilines is 1. The topological polar surface area (TPSA) is 63.2 Å². The summed E-state index contributed by atoms with van der Waals surface area (Å²) in [5, 5.41) is 8.13. The molecule has 0 saturated heterocycles. The number of pyridine rings is 1. The molecule has 0 spiro atoms. The van der Waals surface area contributed by atoms with E-state index < -0.39 is 0 Å². The smallest absolute Gasteiger partial charge is 0.341 e. The van der Waals surface area contributed by atoms with Gasteiger partial charge in [0.05, 0.1) is 12.6 Å². The molecular weight excluding hydrogens is 338 g/mol. The van der Waals surface area contributed by atoms with Crippen molar-refractivity contribution >= 4 is 22.7 Å². The maximum atomic E-state index is 12.2. The molecule has 1 fully saturated rings. The molecular formula is C22H31N3O2. The number of fused-ring (bicyclic) bond motifs is 1. The lowest BCUT2D eigenvalue weighted by atomic mass is 9.94. The van der Waals surface area contributed by atoms with Crippen LogP contribution >= 0.6 is 0 Å². The number of nitrogens with one attached hydrogen (secondary N) is 2. The summed E-state index contributed by atoms with van der Waals surface area (Å²) in [5.74, 6) is 0.246. The number of para-hydroxylation sites is 1. The SMILES string of the molecule is CCC(CCNc1nc2ccccc2cc1C(=O)OC)NC1CCCCC1. The molecule has 0 amide bonds. The molecule has 1 saturated carbocycles. The molecule has 0 aliphatic heterocycles. The second kappa shape index (κ2) is 9.70. The number of aromatic nitrogens is 1. The Morgan fingerprint density at radius 3 is 2.78 bits per heavy atom. The van der Waals surface area contributed by atoms with E-state index in [2.05, 4.69) is 22.5 Å². The zero-order valence-corrected chi connectivity index (χ0v) is 16.5. The number of ether oxygens (including phenoxy) is 1. The number of rotatable bonds is 8. The molecule has 0 radical (unpaired) electrons. The van der Waals surface area contributed by atoms with Gasteiger partial charge >= 0.3 is 5.97 Å². The molecule has 1 heterocycles. The lowest BCUT2D eigenvalue weighted by Crippen LogP contribution is -2.40. The van der Waals surface area contributed by atoms with Crippen LogP contribution in [-0.2, 0) is 4.74 Å². The van der Waals surface area contributed by atoms with Gasteiger partial charge in [0, 0.05) is 24.0 Å². The Balaban J connectivity index is 1.65. The van der Waals surface area contributed by atoms with E-state index >= 15 is 0 Å². The number of hydrogen-bond donors (Lipinski definition) is 2. The second-order valence-corrected chi connectivity index (χ2v) is 7.39. The Bertz CT molecular complexity index is 756. The van der Waals surface area contributed by atoms with Gasteiger partial charge in [0.1, 0.15) is 11.4 Å². The highest BCUT2D eigenvalue weighted by atomic mass is 16.5. The standard InChI is InChI=1S/C22H31N3O2/c1-3-17(24-18-10-5-4-6-11-18)13-14-23-21-19(22(26)27-2)15-16-9-7-8-12-20(16)25-21/h7-9,12,15,17-18,24H,3-6,10-11,13-14H2,1-2H3,(H,23,25). The molecule has 27 heavy (non-hydrogen) atoms. The molecule has 1 atom stereocenters. The van der Waals surface area contributed by atoms with Crippen molar-refractivity contribution in [2.45, 2.75) is 64.0 Å². The fourth-order valence-corrected chi connectivity index (χ4v) is 3.89. The van der Waals surface area contributed by atoms with E-state index in [0.29, 0.717) is 23.5 Å². The van der Waals surface area contributed by atoms with Crippen molar-refractivity contribution in [3.8, 4) is 0 Å².